The van der Waals surface area contributed by atoms with Crippen LogP contribution < -0.4 is 0 Å². The Bertz CT molecular complexity index is 353. The van der Waals surface area contributed by atoms with Crippen molar-refractivity contribution in [3.8, 4) is 0 Å². The summed E-state index contributed by atoms with van der Waals surface area (Å²) in [4.78, 5) is 46.1. The summed E-state index contributed by atoms with van der Waals surface area (Å²) < 4.78 is 0. The molecule has 1 saturated carbocycles. The van der Waals surface area contributed by atoms with Crippen molar-refractivity contribution in [3.05, 3.63) is 0 Å². The smallest absolute Gasteiger partial charge is 0.157 e. The van der Waals surface area contributed by atoms with Gasteiger partial charge in [-0.2, -0.15) is 0 Å². The quantitative estimate of drug-likeness (QED) is 0.671. The minimum absolute atomic E-state index is 0.0822. The maximum Gasteiger partial charge on any atom is 0.157 e. The number of ketones is 4. The van der Waals surface area contributed by atoms with Crippen molar-refractivity contribution in [1.29, 1.82) is 0 Å². The van der Waals surface area contributed by atoms with Gasteiger partial charge in [-0.05, 0) is 33.6 Å². The van der Waals surface area contributed by atoms with E-state index >= 15 is 0 Å². The van der Waals surface area contributed by atoms with Crippen molar-refractivity contribution in [1.82, 2.24) is 0 Å². The minimum atomic E-state index is -1.46. The van der Waals surface area contributed by atoms with Crippen LogP contribution in [0.2, 0.25) is 0 Å². The lowest BCUT2D eigenvalue weighted by atomic mass is 9.76. The number of carbonyl (C=O) groups excluding carboxylic acids is 4. The largest absolute Gasteiger partial charge is 0.300 e. The Labute approximate surface area is 94.4 Å². The van der Waals surface area contributed by atoms with Crippen LogP contribution in [0.4, 0.5) is 0 Å². The van der Waals surface area contributed by atoms with Gasteiger partial charge in [-0.15, -0.1) is 0 Å². The van der Waals surface area contributed by atoms with E-state index in [0.717, 1.165) is 0 Å². The van der Waals surface area contributed by atoms with Crippen LogP contribution in [0.1, 0.15) is 40.0 Å². The monoisotopic (exact) mass is 224 g/mol. The summed E-state index contributed by atoms with van der Waals surface area (Å²) in [6.07, 6.45) is 0.854. The van der Waals surface area contributed by atoms with Gasteiger partial charge in [0.05, 0.1) is 0 Å². The lowest BCUT2D eigenvalue weighted by Crippen LogP contribution is -2.42. The average molecular weight is 224 g/mol. The molecule has 0 aromatic carbocycles. The molecule has 0 radical (unpaired) electrons. The molecule has 0 aromatic rings. The molecule has 0 spiro atoms. The zero-order valence-corrected chi connectivity index (χ0v) is 9.83. The van der Waals surface area contributed by atoms with Gasteiger partial charge >= 0.3 is 0 Å². The second-order valence-electron chi connectivity index (χ2n) is 4.52. The van der Waals surface area contributed by atoms with Crippen molar-refractivity contribution < 1.29 is 19.2 Å². The summed E-state index contributed by atoms with van der Waals surface area (Å²) >= 11 is 0. The van der Waals surface area contributed by atoms with Gasteiger partial charge in [0.25, 0.3) is 0 Å². The molecule has 4 nitrogen and oxygen atoms in total. The van der Waals surface area contributed by atoms with E-state index in [1.165, 1.54) is 20.8 Å². The van der Waals surface area contributed by atoms with Crippen molar-refractivity contribution in [2.45, 2.75) is 40.0 Å². The summed E-state index contributed by atoms with van der Waals surface area (Å²) in [5.41, 5.74) is -1.46. The Kier molecular flexibility index (Phi) is 3.41. The van der Waals surface area contributed by atoms with Crippen LogP contribution in [0.3, 0.4) is 0 Å². The number of carbonyl (C=O) groups is 4. The van der Waals surface area contributed by atoms with E-state index in [-0.39, 0.29) is 24.4 Å². The maximum absolute atomic E-state index is 12.1. The highest BCUT2D eigenvalue weighted by Gasteiger charge is 2.54. The number of hydrogen-bond acceptors (Lipinski definition) is 4. The van der Waals surface area contributed by atoms with Gasteiger partial charge in [0.15, 0.2) is 17.3 Å². The third-order valence-electron chi connectivity index (χ3n) is 3.40. The molecule has 4 heteroatoms. The molecule has 0 amide bonds. The van der Waals surface area contributed by atoms with E-state index in [1.807, 2.05) is 0 Å². The predicted molar refractivity (Wildman–Crippen MR) is 56.8 cm³/mol. The first-order valence-electron chi connectivity index (χ1n) is 5.38. The molecule has 16 heavy (non-hydrogen) atoms. The first-order chi connectivity index (χ1) is 7.32. The highest BCUT2D eigenvalue weighted by atomic mass is 16.2. The lowest BCUT2D eigenvalue weighted by molar-refractivity contribution is -0.146. The van der Waals surface area contributed by atoms with E-state index in [0.29, 0.717) is 6.42 Å². The summed E-state index contributed by atoms with van der Waals surface area (Å²) in [5, 5.41) is 0. The predicted octanol–water partition coefficient (Wildman–Crippen LogP) is 1.11. The number of Topliss-reactive ketones (excluding diaryl/α,β-unsaturated/α-hetero) is 4. The van der Waals surface area contributed by atoms with Crippen LogP contribution >= 0.6 is 0 Å². The molecule has 0 N–H and O–H groups in total. The van der Waals surface area contributed by atoms with Crippen LogP contribution in [0.15, 0.2) is 0 Å². The van der Waals surface area contributed by atoms with E-state index < -0.39 is 22.9 Å². The van der Waals surface area contributed by atoms with Crippen LogP contribution in [-0.2, 0) is 19.2 Å². The SMILES string of the molecule is CC(=O)CC1CCC(C(C)=O)(C(C)=O)C1=O. The molecule has 0 bridgehead atoms. The second kappa shape index (κ2) is 4.28. The van der Waals surface area contributed by atoms with Crippen LogP contribution in [0.25, 0.3) is 0 Å². The summed E-state index contributed by atoms with van der Waals surface area (Å²) in [7, 11) is 0. The molecular formula is C12H16O4. The standard InChI is InChI=1S/C12H16O4/c1-7(13)6-10-4-5-12(8(2)14,9(3)15)11(10)16/h10H,4-6H2,1-3H3. The maximum atomic E-state index is 12.1. The topological polar surface area (TPSA) is 68.3 Å². The number of rotatable bonds is 4. The lowest BCUT2D eigenvalue weighted by Gasteiger charge is -2.21. The van der Waals surface area contributed by atoms with Gasteiger partial charge < -0.3 is 4.79 Å². The van der Waals surface area contributed by atoms with E-state index in [4.69, 9.17) is 0 Å². The van der Waals surface area contributed by atoms with Gasteiger partial charge in [-0.25, -0.2) is 0 Å². The molecule has 0 heterocycles. The van der Waals surface area contributed by atoms with Gasteiger partial charge in [-0.3, -0.25) is 14.4 Å². The summed E-state index contributed by atoms with van der Waals surface area (Å²) in [5.74, 6) is -1.68. The molecule has 0 saturated heterocycles. The second-order valence-corrected chi connectivity index (χ2v) is 4.52. The molecule has 1 rings (SSSR count). The Hall–Kier alpha value is -1.32. The van der Waals surface area contributed by atoms with Crippen molar-refractivity contribution in [2.75, 3.05) is 0 Å². The zero-order chi connectivity index (χ0) is 12.5. The molecule has 1 aliphatic carbocycles. The van der Waals surface area contributed by atoms with Crippen LogP contribution in [0.5, 0.6) is 0 Å². The number of hydrogen-bond donors (Lipinski definition) is 0. The third kappa shape index (κ3) is 1.84. The van der Waals surface area contributed by atoms with E-state index in [9.17, 15) is 19.2 Å². The Balaban J connectivity index is 3.01. The first-order valence-corrected chi connectivity index (χ1v) is 5.38. The van der Waals surface area contributed by atoms with Crippen LogP contribution in [0, 0.1) is 11.3 Å². The van der Waals surface area contributed by atoms with Crippen molar-refractivity contribution >= 4 is 23.1 Å². The molecule has 1 unspecified atom stereocenters. The molecule has 1 aliphatic rings. The third-order valence-corrected chi connectivity index (χ3v) is 3.40. The summed E-state index contributed by atoms with van der Waals surface area (Å²) in [6, 6.07) is 0. The minimum Gasteiger partial charge on any atom is -0.300 e. The van der Waals surface area contributed by atoms with Gasteiger partial charge in [0.1, 0.15) is 11.2 Å². The highest BCUT2D eigenvalue weighted by Crippen LogP contribution is 2.41. The van der Waals surface area contributed by atoms with Crippen molar-refractivity contribution in [3.63, 3.8) is 0 Å². The van der Waals surface area contributed by atoms with Crippen LogP contribution in [-0.4, -0.2) is 23.1 Å². The summed E-state index contributed by atoms with van der Waals surface area (Å²) in [6.45, 7) is 3.96. The van der Waals surface area contributed by atoms with E-state index in [2.05, 4.69) is 0 Å². The Morgan fingerprint density at radius 1 is 1.19 bits per heavy atom. The molecule has 1 atom stereocenters. The van der Waals surface area contributed by atoms with Gasteiger partial charge in [-0.1, -0.05) is 0 Å². The van der Waals surface area contributed by atoms with Gasteiger partial charge in [0.2, 0.25) is 0 Å². The fourth-order valence-electron chi connectivity index (χ4n) is 2.48. The zero-order valence-electron chi connectivity index (χ0n) is 9.83. The molecule has 0 aromatic heterocycles. The molecule has 88 valence electrons. The normalized spacial score (nSPS) is 23.2. The average Bonchev–Trinajstić information content (AvgIpc) is 2.44. The fourth-order valence-corrected chi connectivity index (χ4v) is 2.48. The fraction of sp³-hybridized carbons (Fsp3) is 0.667. The molecular weight excluding hydrogens is 208 g/mol. The Morgan fingerprint density at radius 3 is 2.00 bits per heavy atom. The Morgan fingerprint density at radius 2 is 1.69 bits per heavy atom. The van der Waals surface area contributed by atoms with Crippen molar-refractivity contribution in [2.24, 2.45) is 11.3 Å². The molecule has 1 fully saturated rings. The first kappa shape index (κ1) is 12.7. The van der Waals surface area contributed by atoms with Gasteiger partial charge in [0, 0.05) is 12.3 Å². The molecule has 0 aliphatic heterocycles. The van der Waals surface area contributed by atoms with E-state index in [1.54, 1.807) is 0 Å². The highest BCUT2D eigenvalue weighted by molar-refractivity contribution is 6.25.